The summed E-state index contributed by atoms with van der Waals surface area (Å²) in [6, 6.07) is 11.1. The van der Waals surface area contributed by atoms with Gasteiger partial charge in [-0.05, 0) is 43.3 Å². The Morgan fingerprint density at radius 3 is 2.38 bits per heavy atom. The third-order valence-electron chi connectivity index (χ3n) is 4.57. The number of anilines is 1. The first-order valence-electron chi connectivity index (χ1n) is 9.15. The highest BCUT2D eigenvalue weighted by molar-refractivity contribution is 7.89. The summed E-state index contributed by atoms with van der Waals surface area (Å²) in [6.45, 7) is 2.68. The fourth-order valence-corrected chi connectivity index (χ4v) is 4.61. The maximum Gasteiger partial charge on any atom is 0.244 e. The molecule has 8 nitrogen and oxygen atoms in total. The number of carbonyl (C=O) groups excluding carboxylic acids is 1. The Hall–Kier alpha value is -2.78. The summed E-state index contributed by atoms with van der Waals surface area (Å²) >= 11 is 0. The highest BCUT2D eigenvalue weighted by atomic mass is 32.2. The van der Waals surface area contributed by atoms with E-state index in [1.807, 2.05) is 6.92 Å². The Balaban J connectivity index is 1.76. The van der Waals surface area contributed by atoms with Crippen LogP contribution in [-0.4, -0.2) is 47.7 Å². The average molecular weight is 420 g/mol. The number of hydrogen-bond donors (Lipinski definition) is 1. The van der Waals surface area contributed by atoms with Gasteiger partial charge in [-0.15, -0.1) is 0 Å². The quantitative estimate of drug-likeness (QED) is 0.704. The lowest BCUT2D eigenvalue weighted by Crippen LogP contribution is -2.37. The number of methoxy groups -OCH3 is 2. The van der Waals surface area contributed by atoms with Crippen molar-refractivity contribution in [3.05, 3.63) is 42.5 Å². The summed E-state index contributed by atoms with van der Waals surface area (Å²) in [5.74, 6) is 1.15. The zero-order chi connectivity index (χ0) is 21.0. The maximum absolute atomic E-state index is 12.9. The molecule has 1 atom stereocenters. The monoisotopic (exact) mass is 420 g/mol. The van der Waals surface area contributed by atoms with Crippen molar-refractivity contribution in [3.63, 3.8) is 0 Å². The smallest absolute Gasteiger partial charge is 0.244 e. The van der Waals surface area contributed by atoms with Gasteiger partial charge in [0.05, 0.1) is 20.8 Å². The first-order chi connectivity index (χ1) is 13.9. The molecular weight excluding hydrogens is 396 g/mol. The molecule has 0 spiro atoms. The number of amides is 1. The zero-order valence-corrected chi connectivity index (χ0v) is 17.4. The molecule has 0 saturated carbocycles. The van der Waals surface area contributed by atoms with Crippen molar-refractivity contribution in [2.24, 2.45) is 0 Å². The second kappa shape index (κ2) is 8.71. The average Bonchev–Trinajstić information content (AvgIpc) is 3.07. The van der Waals surface area contributed by atoms with Crippen LogP contribution in [0.2, 0.25) is 0 Å². The highest BCUT2D eigenvalue weighted by Gasteiger charge is 2.34. The molecule has 0 bridgehead atoms. The van der Waals surface area contributed by atoms with E-state index in [-0.39, 0.29) is 29.5 Å². The summed E-state index contributed by atoms with van der Waals surface area (Å²) in [5, 5.41) is 0. The normalized spacial score (nSPS) is 16.7. The van der Waals surface area contributed by atoms with Gasteiger partial charge in [0.15, 0.2) is 0 Å². The predicted molar refractivity (Wildman–Crippen MR) is 108 cm³/mol. The molecule has 29 heavy (non-hydrogen) atoms. The van der Waals surface area contributed by atoms with Crippen LogP contribution in [0.4, 0.5) is 5.69 Å². The lowest BCUT2D eigenvalue weighted by molar-refractivity contribution is -0.117. The third kappa shape index (κ3) is 4.63. The first-order valence-corrected chi connectivity index (χ1v) is 10.6. The molecule has 1 N–H and O–H groups in total. The van der Waals surface area contributed by atoms with E-state index in [0.29, 0.717) is 23.8 Å². The predicted octanol–water partition coefficient (Wildman–Crippen LogP) is 2.19. The molecule has 9 heteroatoms. The molecule has 0 aromatic heterocycles. The number of nitrogens with zero attached hydrogens (tertiary/aromatic N) is 1. The molecular formula is C20H24N2O6S. The van der Waals surface area contributed by atoms with Crippen LogP contribution in [0.5, 0.6) is 17.2 Å². The second-order valence-corrected chi connectivity index (χ2v) is 8.15. The summed E-state index contributed by atoms with van der Waals surface area (Å²) in [7, 11) is -1.07. The Labute approximate surface area is 170 Å². The van der Waals surface area contributed by atoms with Gasteiger partial charge in [0.2, 0.25) is 15.9 Å². The molecule has 1 fully saturated rings. The molecule has 2 aromatic rings. The van der Waals surface area contributed by atoms with E-state index in [0.717, 1.165) is 0 Å². The van der Waals surface area contributed by atoms with Crippen LogP contribution in [0.1, 0.15) is 13.3 Å². The molecule has 2 aromatic carbocycles. The Morgan fingerprint density at radius 1 is 1.07 bits per heavy atom. The van der Waals surface area contributed by atoms with Crippen LogP contribution in [0.25, 0.3) is 0 Å². The molecule has 1 heterocycles. The molecule has 1 saturated heterocycles. The number of sulfonamides is 1. The van der Waals surface area contributed by atoms with E-state index in [9.17, 15) is 13.2 Å². The SMILES string of the molecule is CCOc1ccc(N2C[C@@H](NS(=O)(=O)c3cc(OC)ccc3OC)CC2=O)cc1. The fourth-order valence-electron chi connectivity index (χ4n) is 3.20. The number of nitrogens with one attached hydrogen (secondary N) is 1. The van der Waals surface area contributed by atoms with Crippen molar-refractivity contribution in [1.29, 1.82) is 0 Å². The van der Waals surface area contributed by atoms with Crippen molar-refractivity contribution in [1.82, 2.24) is 4.72 Å². The minimum absolute atomic E-state index is 0.0358. The van der Waals surface area contributed by atoms with E-state index in [1.165, 1.54) is 26.4 Å². The van der Waals surface area contributed by atoms with Crippen molar-refractivity contribution in [2.45, 2.75) is 24.3 Å². The number of ether oxygens (including phenoxy) is 3. The minimum Gasteiger partial charge on any atom is -0.497 e. The van der Waals surface area contributed by atoms with E-state index in [4.69, 9.17) is 14.2 Å². The van der Waals surface area contributed by atoms with Gasteiger partial charge in [-0.3, -0.25) is 4.79 Å². The molecule has 1 aliphatic heterocycles. The summed E-state index contributed by atoms with van der Waals surface area (Å²) in [4.78, 5) is 14.0. The van der Waals surface area contributed by atoms with Gasteiger partial charge in [-0.2, -0.15) is 0 Å². The molecule has 156 valence electrons. The van der Waals surface area contributed by atoms with Gasteiger partial charge >= 0.3 is 0 Å². The van der Waals surface area contributed by atoms with E-state index >= 15 is 0 Å². The zero-order valence-electron chi connectivity index (χ0n) is 16.5. The van der Waals surface area contributed by atoms with Gasteiger partial charge in [0.1, 0.15) is 22.1 Å². The highest BCUT2D eigenvalue weighted by Crippen LogP contribution is 2.30. The first kappa shape index (κ1) is 20.9. The molecule has 0 aliphatic carbocycles. The fraction of sp³-hybridized carbons (Fsp3) is 0.350. The van der Waals surface area contributed by atoms with Crippen molar-refractivity contribution in [3.8, 4) is 17.2 Å². The second-order valence-electron chi connectivity index (χ2n) is 6.47. The maximum atomic E-state index is 12.9. The number of benzene rings is 2. The standard InChI is InChI=1S/C20H24N2O6S/c1-4-28-16-7-5-15(6-8-16)22-13-14(11-20(22)23)21-29(24,25)19-12-17(26-2)9-10-18(19)27-3/h5-10,12,14,21H,4,11,13H2,1-3H3/t14-/m0/s1. The minimum atomic E-state index is -3.92. The molecule has 3 rings (SSSR count). The van der Waals surface area contributed by atoms with Gasteiger partial charge in [0.25, 0.3) is 0 Å². The van der Waals surface area contributed by atoms with Crippen LogP contribution in [0.15, 0.2) is 47.4 Å². The lowest BCUT2D eigenvalue weighted by Gasteiger charge is -2.18. The van der Waals surface area contributed by atoms with Crippen LogP contribution >= 0.6 is 0 Å². The van der Waals surface area contributed by atoms with Gasteiger partial charge in [0, 0.05) is 30.8 Å². The molecule has 1 aliphatic rings. The topological polar surface area (TPSA) is 94.2 Å². The van der Waals surface area contributed by atoms with Crippen molar-refractivity contribution < 1.29 is 27.4 Å². The van der Waals surface area contributed by atoms with E-state index in [2.05, 4.69) is 4.72 Å². The van der Waals surface area contributed by atoms with Crippen LogP contribution in [-0.2, 0) is 14.8 Å². The molecule has 1 amide bonds. The number of hydrogen-bond acceptors (Lipinski definition) is 6. The lowest BCUT2D eigenvalue weighted by atomic mass is 10.3. The van der Waals surface area contributed by atoms with Crippen LogP contribution in [0.3, 0.4) is 0 Å². The third-order valence-corrected chi connectivity index (χ3v) is 6.11. The molecule has 0 radical (unpaired) electrons. The van der Waals surface area contributed by atoms with Crippen LogP contribution in [0, 0.1) is 0 Å². The van der Waals surface area contributed by atoms with Gasteiger partial charge in [-0.1, -0.05) is 0 Å². The van der Waals surface area contributed by atoms with E-state index < -0.39 is 16.1 Å². The molecule has 0 unspecified atom stereocenters. The largest absolute Gasteiger partial charge is 0.497 e. The van der Waals surface area contributed by atoms with Gasteiger partial charge in [-0.25, -0.2) is 13.1 Å². The Kier molecular flexibility index (Phi) is 6.29. The summed E-state index contributed by atoms with van der Waals surface area (Å²) in [5.41, 5.74) is 0.694. The Morgan fingerprint density at radius 2 is 1.76 bits per heavy atom. The van der Waals surface area contributed by atoms with Crippen LogP contribution < -0.4 is 23.8 Å². The van der Waals surface area contributed by atoms with Gasteiger partial charge < -0.3 is 19.1 Å². The van der Waals surface area contributed by atoms with E-state index in [1.54, 1.807) is 35.2 Å². The van der Waals surface area contributed by atoms with Crippen molar-refractivity contribution >= 4 is 21.6 Å². The van der Waals surface area contributed by atoms with Crippen molar-refractivity contribution in [2.75, 3.05) is 32.3 Å². The Bertz CT molecular complexity index is 975. The summed E-state index contributed by atoms with van der Waals surface area (Å²) < 4.78 is 44.1. The number of carbonyl (C=O) groups is 1. The summed E-state index contributed by atoms with van der Waals surface area (Å²) in [6.07, 6.45) is 0.0682. The number of rotatable bonds is 8.